The van der Waals surface area contributed by atoms with E-state index in [0.29, 0.717) is 5.56 Å². The van der Waals surface area contributed by atoms with Crippen LogP contribution in [0.15, 0.2) is 52.9 Å². The maximum Gasteiger partial charge on any atom is 0.332 e. The van der Waals surface area contributed by atoms with Gasteiger partial charge in [0.15, 0.2) is 11.6 Å². The molecule has 0 fully saturated rings. The fourth-order valence-corrected chi connectivity index (χ4v) is 4.47. The Balaban J connectivity index is 2.65. The maximum atomic E-state index is 14.3. The lowest BCUT2D eigenvalue weighted by Gasteiger charge is -2.20. The molecule has 0 aliphatic carbocycles. The van der Waals surface area contributed by atoms with Crippen molar-refractivity contribution in [3.05, 3.63) is 65.0 Å². The second kappa shape index (κ2) is 9.59. The number of halogens is 1. The van der Waals surface area contributed by atoms with Crippen LogP contribution in [-0.4, -0.2) is 43.9 Å². The Kier molecular flexibility index (Phi) is 7.58. The van der Waals surface area contributed by atoms with Crippen LogP contribution in [0.25, 0.3) is 5.57 Å². The summed E-state index contributed by atoms with van der Waals surface area (Å²) < 4.78 is 46.9. The molecule has 0 atom stereocenters. The van der Waals surface area contributed by atoms with Crippen LogP contribution < -0.4 is 9.46 Å². The summed E-state index contributed by atoms with van der Waals surface area (Å²) in [6.45, 7) is 4.72. The lowest BCUT2D eigenvalue weighted by atomic mass is 9.91. The molecule has 2 aromatic carbocycles. The van der Waals surface area contributed by atoms with Crippen molar-refractivity contribution in [1.82, 2.24) is 4.72 Å². The van der Waals surface area contributed by atoms with Crippen molar-refractivity contribution in [2.75, 3.05) is 13.7 Å². The first-order valence-electron chi connectivity index (χ1n) is 9.45. The van der Waals surface area contributed by atoms with Crippen LogP contribution in [0.5, 0.6) is 5.75 Å². The number of methoxy groups -OCH3 is 1. The van der Waals surface area contributed by atoms with Crippen LogP contribution in [0.4, 0.5) is 4.39 Å². The summed E-state index contributed by atoms with van der Waals surface area (Å²) in [6, 6.07) is 9.62. The van der Waals surface area contributed by atoms with E-state index in [1.807, 2.05) is 0 Å². The van der Waals surface area contributed by atoms with Crippen molar-refractivity contribution in [1.29, 1.82) is 0 Å². The average Bonchev–Trinajstić information content (AvgIpc) is 2.66. The van der Waals surface area contributed by atoms with E-state index < -0.39 is 34.0 Å². The zero-order chi connectivity index (χ0) is 23.4. The number of hydrogen-bond acceptors (Lipinski definition) is 5. The number of nitrogens with one attached hydrogen (secondary N) is 1. The number of hydrogen-bond donors (Lipinski definition) is 3. The first kappa shape index (κ1) is 24.5. The molecule has 0 amide bonds. The molecule has 0 radical (unpaired) electrons. The van der Waals surface area contributed by atoms with Crippen molar-refractivity contribution < 1.29 is 32.6 Å². The predicted molar refractivity (Wildman–Crippen MR) is 115 cm³/mol. The number of ether oxygens (including phenoxy) is 1. The Hall–Kier alpha value is -2.75. The highest BCUT2D eigenvalue weighted by Crippen LogP contribution is 2.32. The Morgan fingerprint density at radius 2 is 1.68 bits per heavy atom. The van der Waals surface area contributed by atoms with Crippen molar-refractivity contribution in [2.24, 2.45) is 0 Å². The summed E-state index contributed by atoms with van der Waals surface area (Å²) in [4.78, 5) is 11.9. The van der Waals surface area contributed by atoms with E-state index in [9.17, 15) is 27.8 Å². The van der Waals surface area contributed by atoms with E-state index in [0.717, 1.165) is 6.07 Å². The molecule has 0 aromatic heterocycles. The fraction of sp³-hybridized carbons (Fsp3) is 0.318. The van der Waals surface area contributed by atoms with E-state index in [2.05, 4.69) is 4.72 Å². The van der Waals surface area contributed by atoms with Gasteiger partial charge in [0.05, 0.1) is 12.0 Å². The van der Waals surface area contributed by atoms with E-state index in [4.69, 9.17) is 4.74 Å². The highest BCUT2D eigenvalue weighted by atomic mass is 32.2. The standard InChI is InChI=1S/C22H26FNO6S/c1-22(2,3)24-31(28,29)16-8-5-14(6-9-16)20(17(11-12-25)21(26)27)15-7-10-19(30-4)18(23)13-15/h5-10,13,24-25H,11-12H2,1-4H3,(H,26,27). The topological polar surface area (TPSA) is 113 Å². The van der Waals surface area contributed by atoms with Gasteiger partial charge in [-0.25, -0.2) is 22.3 Å². The number of benzene rings is 2. The molecule has 0 saturated heterocycles. The van der Waals surface area contributed by atoms with Crippen molar-refractivity contribution in [2.45, 2.75) is 37.6 Å². The van der Waals surface area contributed by atoms with Gasteiger partial charge in [-0.2, -0.15) is 0 Å². The van der Waals surface area contributed by atoms with Crippen LogP contribution in [0.3, 0.4) is 0 Å². The summed E-state index contributed by atoms with van der Waals surface area (Å²) >= 11 is 0. The SMILES string of the molecule is COc1ccc(C(=C(CCO)C(=O)O)c2ccc(S(=O)(=O)NC(C)(C)C)cc2)cc1F. The third-order valence-electron chi connectivity index (χ3n) is 4.26. The molecular formula is C22H26FNO6S. The Morgan fingerprint density at radius 1 is 1.10 bits per heavy atom. The van der Waals surface area contributed by atoms with Crippen LogP contribution >= 0.6 is 0 Å². The van der Waals surface area contributed by atoms with Crippen molar-refractivity contribution >= 4 is 21.6 Å². The van der Waals surface area contributed by atoms with Crippen LogP contribution in [0.2, 0.25) is 0 Å². The summed E-state index contributed by atoms with van der Waals surface area (Å²) in [5, 5.41) is 19.0. The number of carbonyl (C=O) groups is 1. The Labute approximate surface area is 181 Å². The third kappa shape index (κ3) is 6.13. The monoisotopic (exact) mass is 451 g/mol. The minimum atomic E-state index is -3.79. The summed E-state index contributed by atoms with van der Waals surface area (Å²) in [5.41, 5.74) is -0.00938. The highest BCUT2D eigenvalue weighted by molar-refractivity contribution is 7.89. The van der Waals surface area contributed by atoms with Gasteiger partial charge in [-0.1, -0.05) is 18.2 Å². The van der Waals surface area contributed by atoms with Crippen molar-refractivity contribution in [3.63, 3.8) is 0 Å². The second-order valence-corrected chi connectivity index (χ2v) is 9.54. The zero-order valence-electron chi connectivity index (χ0n) is 17.8. The first-order chi connectivity index (χ1) is 14.4. The number of aliphatic hydroxyl groups excluding tert-OH is 1. The van der Waals surface area contributed by atoms with Gasteiger partial charge in [-0.05, 0) is 61.7 Å². The largest absolute Gasteiger partial charge is 0.494 e. The van der Waals surface area contributed by atoms with Crippen molar-refractivity contribution in [3.8, 4) is 5.75 Å². The van der Waals surface area contributed by atoms with E-state index in [1.165, 1.54) is 43.5 Å². The molecule has 3 N–H and O–H groups in total. The normalized spacial score (nSPS) is 13.0. The molecule has 0 aliphatic rings. The molecule has 2 rings (SSSR count). The lowest BCUT2D eigenvalue weighted by Crippen LogP contribution is -2.40. The molecular weight excluding hydrogens is 425 g/mol. The van der Waals surface area contributed by atoms with Crippen LogP contribution in [0, 0.1) is 5.82 Å². The molecule has 31 heavy (non-hydrogen) atoms. The zero-order valence-corrected chi connectivity index (χ0v) is 18.6. The van der Waals surface area contributed by atoms with Gasteiger partial charge in [-0.15, -0.1) is 0 Å². The van der Waals surface area contributed by atoms with Gasteiger partial charge in [0.2, 0.25) is 10.0 Å². The number of sulfonamides is 1. The number of rotatable bonds is 8. The van der Waals surface area contributed by atoms with Crippen LogP contribution in [0.1, 0.15) is 38.3 Å². The molecule has 0 saturated carbocycles. The predicted octanol–water partition coefficient (Wildman–Crippen LogP) is 3.18. The summed E-state index contributed by atoms with van der Waals surface area (Å²) in [6.07, 6.45) is -0.177. The highest BCUT2D eigenvalue weighted by Gasteiger charge is 2.23. The molecule has 0 spiro atoms. The van der Waals surface area contributed by atoms with Gasteiger partial charge < -0.3 is 14.9 Å². The molecule has 7 nitrogen and oxygen atoms in total. The van der Waals surface area contributed by atoms with E-state index in [-0.39, 0.29) is 33.8 Å². The first-order valence-corrected chi connectivity index (χ1v) is 10.9. The smallest absolute Gasteiger partial charge is 0.332 e. The number of aliphatic carboxylic acids is 1. The van der Waals surface area contributed by atoms with Crippen LogP contribution in [-0.2, 0) is 14.8 Å². The van der Waals surface area contributed by atoms with E-state index in [1.54, 1.807) is 20.8 Å². The number of carboxylic acid groups (broad SMARTS) is 1. The number of carboxylic acids is 1. The fourth-order valence-electron chi connectivity index (χ4n) is 3.05. The summed E-state index contributed by atoms with van der Waals surface area (Å²) in [7, 11) is -2.47. The molecule has 0 aliphatic heterocycles. The quantitative estimate of drug-likeness (QED) is 0.532. The minimum Gasteiger partial charge on any atom is -0.494 e. The molecule has 0 heterocycles. The maximum absolute atomic E-state index is 14.3. The molecule has 9 heteroatoms. The Morgan fingerprint density at radius 3 is 2.13 bits per heavy atom. The molecule has 0 unspecified atom stereocenters. The number of aliphatic hydroxyl groups is 1. The second-order valence-electron chi connectivity index (χ2n) is 7.86. The van der Waals surface area contributed by atoms with Gasteiger partial charge in [-0.3, -0.25) is 0 Å². The summed E-state index contributed by atoms with van der Waals surface area (Å²) in [5.74, 6) is -1.96. The van der Waals surface area contributed by atoms with Gasteiger partial charge in [0.1, 0.15) is 0 Å². The molecule has 168 valence electrons. The minimum absolute atomic E-state index is 0.00294. The Bertz CT molecular complexity index is 1090. The third-order valence-corrected chi connectivity index (χ3v) is 6.03. The molecule has 2 aromatic rings. The van der Waals surface area contributed by atoms with E-state index >= 15 is 0 Å². The molecule has 0 bridgehead atoms. The average molecular weight is 452 g/mol. The van der Waals surface area contributed by atoms with Gasteiger partial charge in [0.25, 0.3) is 0 Å². The van der Waals surface area contributed by atoms with Gasteiger partial charge >= 0.3 is 5.97 Å². The lowest BCUT2D eigenvalue weighted by molar-refractivity contribution is -0.132. The van der Waals surface area contributed by atoms with Gasteiger partial charge in [0, 0.05) is 24.1 Å².